The third-order valence-electron chi connectivity index (χ3n) is 8.49. The highest BCUT2D eigenvalue weighted by Gasteiger charge is 2.67. The van der Waals surface area contributed by atoms with Gasteiger partial charge in [-0.15, -0.1) is 0 Å². The third kappa shape index (κ3) is 4.59. The first-order valence-corrected chi connectivity index (χ1v) is 12.9. The molecule has 7 heteroatoms. The molecule has 1 aromatic rings. The Bertz CT molecular complexity index is 1170. The second-order valence-corrected chi connectivity index (χ2v) is 11.0. The number of benzene rings is 1. The van der Waals surface area contributed by atoms with Crippen LogP contribution in [-0.2, 0) is 25.5 Å². The van der Waals surface area contributed by atoms with E-state index in [0.29, 0.717) is 12.8 Å². The molecular weight excluding hydrogens is 470 g/mol. The molecule has 4 rings (SSSR count). The normalized spacial score (nSPS) is 39.6. The second kappa shape index (κ2) is 10.0. The second-order valence-electron chi connectivity index (χ2n) is 11.0. The van der Waals surface area contributed by atoms with Gasteiger partial charge in [-0.25, -0.2) is 0 Å². The van der Waals surface area contributed by atoms with Crippen LogP contribution in [0.1, 0.15) is 46.6 Å². The standard InChI is InChI=1S/C30H37NO6/c1-17-10-9-13-22-26(33)19(3)18(2)25-23(16-21-11-7-6-8-12-21)31-28(35)30(22,25)24(37-20(4)32)14-15-29(5,36)27(17)34/h6-9,11-15,17,22-26,33,36H,10,16H2,1-5H3,(H,31,35)/b13-9+,15-14-/t17-,22-,23+,24+,25-,26+,29+,30+/m0/s1. The zero-order chi connectivity index (χ0) is 27.1. The number of nitrogens with one attached hydrogen (secondary N) is 1. The SMILES string of the molecule is CC(=O)O[C@@H]1/C=C\[C@@](C)(O)C(=O)[C@@H](C)C/C=C/[C@H]2[C@H](O)C(C)=C(C)[C@H]3[C@@H](Cc4ccccc4)NC(=O)[C@@]123. The van der Waals surface area contributed by atoms with E-state index in [0.717, 1.165) is 16.7 Å². The number of carbonyl (C=O) groups excluding carboxylic acids is 3. The molecule has 0 unspecified atom stereocenters. The Hall–Kier alpha value is -3.03. The van der Waals surface area contributed by atoms with Crippen molar-refractivity contribution in [2.75, 3.05) is 0 Å². The van der Waals surface area contributed by atoms with E-state index < -0.39 is 46.9 Å². The van der Waals surface area contributed by atoms with Gasteiger partial charge in [0, 0.05) is 30.7 Å². The lowest BCUT2D eigenvalue weighted by atomic mass is 9.54. The van der Waals surface area contributed by atoms with Crippen LogP contribution in [0.25, 0.3) is 0 Å². The molecule has 0 aromatic heterocycles. The fourth-order valence-corrected chi connectivity index (χ4v) is 6.54. The van der Waals surface area contributed by atoms with Crippen LogP contribution >= 0.6 is 0 Å². The average molecular weight is 508 g/mol. The number of aliphatic hydroxyl groups is 2. The van der Waals surface area contributed by atoms with Crippen LogP contribution in [0, 0.1) is 23.2 Å². The van der Waals surface area contributed by atoms with Crippen molar-refractivity contribution in [3.8, 4) is 0 Å². The highest BCUT2D eigenvalue weighted by Crippen LogP contribution is 2.57. The van der Waals surface area contributed by atoms with Crippen LogP contribution in [-0.4, -0.2) is 51.7 Å². The molecule has 1 amide bonds. The van der Waals surface area contributed by atoms with E-state index >= 15 is 0 Å². The molecular formula is C30H37NO6. The number of aliphatic hydroxyl groups excluding tert-OH is 1. The Balaban J connectivity index is 1.96. The largest absolute Gasteiger partial charge is 0.457 e. The average Bonchev–Trinajstić information content (AvgIpc) is 3.13. The van der Waals surface area contributed by atoms with Gasteiger partial charge in [-0.2, -0.15) is 0 Å². The number of hydrogen-bond acceptors (Lipinski definition) is 6. The zero-order valence-electron chi connectivity index (χ0n) is 22.1. The lowest BCUT2D eigenvalue weighted by Gasteiger charge is -2.49. The zero-order valence-corrected chi connectivity index (χ0v) is 22.1. The first kappa shape index (κ1) is 27.0. The Kier molecular flexibility index (Phi) is 7.32. The highest BCUT2D eigenvalue weighted by atomic mass is 16.5. The minimum absolute atomic E-state index is 0.314. The summed E-state index contributed by atoms with van der Waals surface area (Å²) in [6, 6.07) is 9.52. The summed E-state index contributed by atoms with van der Waals surface area (Å²) in [4.78, 5) is 39.5. The maximum absolute atomic E-state index is 14.2. The third-order valence-corrected chi connectivity index (χ3v) is 8.49. The van der Waals surface area contributed by atoms with E-state index in [9.17, 15) is 24.6 Å². The molecule has 3 aliphatic rings. The van der Waals surface area contributed by atoms with Gasteiger partial charge < -0.3 is 20.3 Å². The summed E-state index contributed by atoms with van der Waals surface area (Å²) in [7, 11) is 0. The van der Waals surface area contributed by atoms with Crippen LogP contribution in [0.4, 0.5) is 0 Å². The molecule has 7 nitrogen and oxygen atoms in total. The minimum atomic E-state index is -1.82. The number of allylic oxidation sites excluding steroid dienone is 1. The van der Waals surface area contributed by atoms with Crippen LogP contribution in [0.3, 0.4) is 0 Å². The molecule has 1 fully saturated rings. The Morgan fingerprint density at radius 1 is 1.14 bits per heavy atom. The molecule has 1 saturated heterocycles. The van der Waals surface area contributed by atoms with Gasteiger partial charge in [0.15, 0.2) is 5.78 Å². The summed E-state index contributed by atoms with van der Waals surface area (Å²) in [5.74, 6) is -2.92. The summed E-state index contributed by atoms with van der Waals surface area (Å²) < 4.78 is 5.82. The van der Waals surface area contributed by atoms with Gasteiger partial charge in [0.05, 0.1) is 6.10 Å². The van der Waals surface area contributed by atoms with Crippen LogP contribution in [0.5, 0.6) is 0 Å². The highest BCUT2D eigenvalue weighted by molar-refractivity contribution is 5.91. The smallest absolute Gasteiger partial charge is 0.303 e. The van der Waals surface area contributed by atoms with Gasteiger partial charge in [-0.3, -0.25) is 14.4 Å². The van der Waals surface area contributed by atoms with E-state index in [2.05, 4.69) is 5.32 Å². The molecule has 8 atom stereocenters. The summed E-state index contributed by atoms with van der Waals surface area (Å²) in [5.41, 5.74) is -0.500. The monoisotopic (exact) mass is 507 g/mol. The Morgan fingerprint density at radius 3 is 2.46 bits per heavy atom. The van der Waals surface area contributed by atoms with Gasteiger partial charge in [0.1, 0.15) is 17.1 Å². The fraction of sp³-hybridized carbons (Fsp3) is 0.500. The molecule has 37 heavy (non-hydrogen) atoms. The van der Waals surface area contributed by atoms with Crippen molar-refractivity contribution in [3.63, 3.8) is 0 Å². The number of ketones is 1. The van der Waals surface area contributed by atoms with Gasteiger partial charge >= 0.3 is 5.97 Å². The fourth-order valence-electron chi connectivity index (χ4n) is 6.54. The van der Waals surface area contributed by atoms with E-state index in [1.165, 1.54) is 26.0 Å². The van der Waals surface area contributed by atoms with Gasteiger partial charge in [0.2, 0.25) is 5.91 Å². The number of rotatable bonds is 3. The molecule has 1 spiro atoms. The number of esters is 1. The first-order valence-electron chi connectivity index (χ1n) is 12.9. The number of ether oxygens (including phenoxy) is 1. The maximum Gasteiger partial charge on any atom is 0.303 e. The number of hydrogen-bond donors (Lipinski definition) is 3. The molecule has 1 aliphatic heterocycles. The van der Waals surface area contributed by atoms with Crippen molar-refractivity contribution in [1.29, 1.82) is 0 Å². The predicted molar refractivity (Wildman–Crippen MR) is 139 cm³/mol. The lowest BCUT2D eigenvalue weighted by molar-refractivity contribution is -0.161. The van der Waals surface area contributed by atoms with E-state index in [4.69, 9.17) is 4.74 Å². The van der Waals surface area contributed by atoms with E-state index in [1.54, 1.807) is 19.1 Å². The van der Waals surface area contributed by atoms with Crippen molar-refractivity contribution in [2.24, 2.45) is 23.2 Å². The number of amides is 1. The van der Waals surface area contributed by atoms with Gasteiger partial charge in [-0.1, -0.05) is 55.0 Å². The van der Waals surface area contributed by atoms with Crippen molar-refractivity contribution < 1.29 is 29.3 Å². The molecule has 0 saturated carbocycles. The van der Waals surface area contributed by atoms with Gasteiger partial charge in [0.25, 0.3) is 0 Å². The molecule has 1 heterocycles. The van der Waals surface area contributed by atoms with Crippen molar-refractivity contribution in [1.82, 2.24) is 5.32 Å². The quantitative estimate of drug-likeness (QED) is 0.428. The summed E-state index contributed by atoms with van der Waals surface area (Å²) >= 11 is 0. The first-order chi connectivity index (χ1) is 17.4. The van der Waals surface area contributed by atoms with E-state index in [-0.39, 0.29) is 17.7 Å². The molecule has 3 N–H and O–H groups in total. The van der Waals surface area contributed by atoms with Crippen LogP contribution in [0.15, 0.2) is 65.8 Å². The van der Waals surface area contributed by atoms with Crippen LogP contribution in [0.2, 0.25) is 0 Å². The number of Topliss-reactive ketones (excluding diaryl/α,β-unsaturated/α-hetero) is 1. The van der Waals surface area contributed by atoms with Crippen molar-refractivity contribution in [3.05, 3.63) is 71.3 Å². The minimum Gasteiger partial charge on any atom is -0.457 e. The van der Waals surface area contributed by atoms with E-state index in [1.807, 2.05) is 44.2 Å². The predicted octanol–water partition coefficient (Wildman–Crippen LogP) is 3.06. The Labute approximate surface area is 218 Å². The van der Waals surface area contributed by atoms with Crippen molar-refractivity contribution in [2.45, 2.75) is 71.3 Å². The van der Waals surface area contributed by atoms with Crippen molar-refractivity contribution >= 4 is 17.7 Å². The van der Waals surface area contributed by atoms with Crippen LogP contribution < -0.4 is 5.32 Å². The molecule has 2 aliphatic carbocycles. The number of carbonyl (C=O) groups is 3. The van der Waals surface area contributed by atoms with Gasteiger partial charge in [-0.05, 0) is 56.9 Å². The molecule has 0 radical (unpaired) electrons. The molecule has 0 bridgehead atoms. The summed E-state index contributed by atoms with van der Waals surface area (Å²) in [6.07, 6.45) is 5.17. The lowest BCUT2D eigenvalue weighted by Crippen LogP contribution is -2.58. The molecule has 1 aromatic carbocycles. The summed E-state index contributed by atoms with van der Waals surface area (Å²) in [6.45, 7) is 8.20. The topological polar surface area (TPSA) is 113 Å². The summed E-state index contributed by atoms with van der Waals surface area (Å²) in [5, 5.41) is 25.7. The molecule has 198 valence electrons. The Morgan fingerprint density at radius 2 is 1.81 bits per heavy atom. The maximum atomic E-state index is 14.2.